The normalized spacial score (nSPS) is 18.0. The van der Waals surface area contributed by atoms with Crippen LogP contribution in [-0.4, -0.2) is 58.5 Å². The fraction of sp³-hybridized carbons (Fsp3) is 0.314. The maximum absolute atomic E-state index is 12.9. The van der Waals surface area contributed by atoms with Gasteiger partial charge in [0.1, 0.15) is 29.3 Å². The SMILES string of the molecule is COc1ccc(C(OC[C@@H]2C[C@@H](O[P+](=O)S)[C@H](n3cnc4c(=O)[nH]c(NC(=O)C(C)C)nc43)O2)(c2ccccc2)c2ccc(OC)cc2)cc1. The zero-order valence-electron chi connectivity index (χ0n) is 27.8. The lowest BCUT2D eigenvalue weighted by atomic mass is 9.80. The number of amides is 1. The molecule has 6 rings (SSSR count). The van der Waals surface area contributed by atoms with Crippen molar-refractivity contribution < 1.29 is 32.8 Å². The second-order valence-corrected chi connectivity index (χ2v) is 13.6. The molecule has 0 radical (unpaired) electrons. The number of carbonyl (C=O) groups is 1. The van der Waals surface area contributed by atoms with Crippen molar-refractivity contribution in [2.75, 3.05) is 26.1 Å². The van der Waals surface area contributed by atoms with Gasteiger partial charge in [0.2, 0.25) is 11.9 Å². The molecule has 1 amide bonds. The van der Waals surface area contributed by atoms with E-state index in [2.05, 4.69) is 32.5 Å². The summed E-state index contributed by atoms with van der Waals surface area (Å²) in [5, 5.41) is 2.62. The number of imidazole rings is 1. The topological polar surface area (TPSA) is 156 Å². The van der Waals surface area contributed by atoms with Gasteiger partial charge in [0.05, 0.1) is 33.3 Å². The average molecular weight is 719 g/mol. The van der Waals surface area contributed by atoms with E-state index in [0.29, 0.717) is 11.5 Å². The minimum Gasteiger partial charge on any atom is -0.497 e. The van der Waals surface area contributed by atoms with Crippen LogP contribution in [0.25, 0.3) is 11.2 Å². The number of anilines is 1. The Morgan fingerprint density at radius 2 is 1.62 bits per heavy atom. The number of aromatic amines is 1. The first-order valence-electron chi connectivity index (χ1n) is 15.9. The highest BCUT2D eigenvalue weighted by molar-refractivity contribution is 8.39. The van der Waals surface area contributed by atoms with Crippen LogP contribution in [0.5, 0.6) is 11.5 Å². The third kappa shape index (κ3) is 7.16. The highest BCUT2D eigenvalue weighted by atomic mass is 32.7. The van der Waals surface area contributed by atoms with Gasteiger partial charge in [-0.25, -0.2) is 4.98 Å². The second-order valence-electron chi connectivity index (χ2n) is 12.0. The van der Waals surface area contributed by atoms with Crippen LogP contribution in [0.1, 0.15) is 43.2 Å². The van der Waals surface area contributed by atoms with Crippen molar-refractivity contribution in [3.05, 3.63) is 112 Å². The Morgan fingerprint density at radius 1 is 1.02 bits per heavy atom. The molecule has 1 fully saturated rings. The molecule has 3 heterocycles. The van der Waals surface area contributed by atoms with Gasteiger partial charge in [0, 0.05) is 12.3 Å². The standard InChI is InChI=1S/C35H36N5O8PS/c1-21(2)31(41)38-34-37-30-29(32(42)39-34)36-20-40(30)33-28(48-49(43)50)18-27(47-33)19-46-35(22-8-6-5-7-9-22,23-10-14-25(44-3)15-11-23)24-12-16-26(45-4)17-13-24/h5-17,20-21,27-28,33H,18-19H2,1-4H3,(H2-,37,38,39,41,42,43,50)/p+1/t27-,28+,33+/m0/s1. The van der Waals surface area contributed by atoms with Crippen molar-refractivity contribution in [3.8, 4) is 11.5 Å². The van der Waals surface area contributed by atoms with Crippen molar-refractivity contribution in [2.24, 2.45) is 5.92 Å². The van der Waals surface area contributed by atoms with Crippen molar-refractivity contribution >= 4 is 42.5 Å². The zero-order chi connectivity index (χ0) is 35.4. The number of methoxy groups -OCH3 is 2. The maximum Gasteiger partial charge on any atom is 0.582 e. The van der Waals surface area contributed by atoms with Crippen LogP contribution in [0.2, 0.25) is 0 Å². The molecule has 15 heteroatoms. The van der Waals surface area contributed by atoms with Crippen LogP contribution in [0.3, 0.4) is 0 Å². The van der Waals surface area contributed by atoms with Gasteiger partial charge < -0.3 is 18.9 Å². The zero-order valence-corrected chi connectivity index (χ0v) is 29.6. The average Bonchev–Trinajstić information content (AvgIpc) is 3.73. The molecule has 0 spiro atoms. The molecule has 50 heavy (non-hydrogen) atoms. The number of nitrogens with one attached hydrogen (secondary N) is 2. The first-order chi connectivity index (χ1) is 24.1. The Morgan fingerprint density at radius 3 is 2.18 bits per heavy atom. The van der Waals surface area contributed by atoms with E-state index in [1.54, 1.807) is 28.1 Å². The number of nitrogens with zero attached hydrogens (tertiary/aromatic N) is 3. The van der Waals surface area contributed by atoms with Gasteiger partial charge in [-0.3, -0.25) is 24.5 Å². The molecular formula is C35H37N5O8PS+. The van der Waals surface area contributed by atoms with E-state index < -0.39 is 36.8 Å². The minimum absolute atomic E-state index is 0.0342. The number of aromatic nitrogens is 4. The van der Waals surface area contributed by atoms with Gasteiger partial charge >= 0.3 is 7.23 Å². The molecule has 2 N–H and O–H groups in total. The molecule has 1 saturated heterocycles. The van der Waals surface area contributed by atoms with E-state index in [1.807, 2.05) is 78.9 Å². The van der Waals surface area contributed by atoms with Gasteiger partial charge in [-0.05, 0) is 45.5 Å². The van der Waals surface area contributed by atoms with Crippen LogP contribution in [0, 0.1) is 5.92 Å². The van der Waals surface area contributed by atoms with E-state index in [4.69, 9.17) is 23.5 Å². The van der Waals surface area contributed by atoms with E-state index >= 15 is 0 Å². The number of hydrogen-bond donors (Lipinski definition) is 3. The Labute approximate surface area is 294 Å². The van der Waals surface area contributed by atoms with Crippen LogP contribution in [0.15, 0.2) is 90.0 Å². The van der Waals surface area contributed by atoms with Crippen molar-refractivity contribution in [1.29, 1.82) is 0 Å². The number of benzene rings is 3. The Balaban J connectivity index is 1.38. The van der Waals surface area contributed by atoms with E-state index in [-0.39, 0.29) is 42.0 Å². The number of ether oxygens (including phenoxy) is 4. The lowest BCUT2D eigenvalue weighted by Crippen LogP contribution is -2.35. The molecule has 1 aliphatic rings. The summed E-state index contributed by atoms with van der Waals surface area (Å²) in [6, 6.07) is 25.2. The summed E-state index contributed by atoms with van der Waals surface area (Å²) in [6.07, 6.45) is -0.588. The first kappa shape index (κ1) is 35.2. The van der Waals surface area contributed by atoms with Gasteiger partial charge in [0.25, 0.3) is 5.56 Å². The summed E-state index contributed by atoms with van der Waals surface area (Å²) < 4.78 is 44.1. The van der Waals surface area contributed by atoms with Crippen molar-refractivity contribution in [1.82, 2.24) is 19.5 Å². The number of H-pyrrole nitrogens is 1. The predicted octanol–water partition coefficient (Wildman–Crippen LogP) is 6.00. The molecule has 4 atom stereocenters. The molecule has 1 aliphatic heterocycles. The third-order valence-electron chi connectivity index (χ3n) is 8.50. The Kier molecular flexibility index (Phi) is 10.7. The number of thiol groups is 1. The van der Waals surface area contributed by atoms with Crippen LogP contribution < -0.4 is 20.3 Å². The number of carbonyl (C=O) groups excluding carboxylic acids is 1. The predicted molar refractivity (Wildman–Crippen MR) is 190 cm³/mol. The third-order valence-corrected chi connectivity index (χ3v) is 9.24. The summed E-state index contributed by atoms with van der Waals surface area (Å²) in [5.41, 5.74) is 1.09. The molecular weight excluding hydrogens is 681 g/mol. The summed E-state index contributed by atoms with van der Waals surface area (Å²) in [4.78, 5) is 36.6. The number of rotatable bonds is 13. The molecule has 1 unspecified atom stereocenters. The second kappa shape index (κ2) is 15.1. The molecule has 260 valence electrons. The van der Waals surface area contributed by atoms with Crippen LogP contribution in [-0.2, 0) is 29.0 Å². The minimum atomic E-state index is -2.34. The molecule has 0 bridgehead atoms. The summed E-state index contributed by atoms with van der Waals surface area (Å²) in [6.45, 7) is 3.52. The molecule has 5 aromatic rings. The van der Waals surface area contributed by atoms with Crippen LogP contribution in [0.4, 0.5) is 5.95 Å². The lowest BCUT2D eigenvalue weighted by Gasteiger charge is -2.37. The molecule has 2 aromatic heterocycles. The maximum atomic E-state index is 12.9. The molecule has 13 nitrogen and oxygen atoms in total. The Hall–Kier alpha value is -4.59. The summed E-state index contributed by atoms with van der Waals surface area (Å²) >= 11 is 4.01. The van der Waals surface area contributed by atoms with E-state index in [9.17, 15) is 14.2 Å². The van der Waals surface area contributed by atoms with Crippen molar-refractivity contribution in [3.63, 3.8) is 0 Å². The summed E-state index contributed by atoms with van der Waals surface area (Å²) in [5.74, 6) is 0.686. The van der Waals surface area contributed by atoms with Gasteiger partial charge in [-0.2, -0.15) is 4.98 Å². The van der Waals surface area contributed by atoms with Gasteiger partial charge in [-0.1, -0.05) is 68.4 Å². The largest absolute Gasteiger partial charge is 0.582 e. The quantitative estimate of drug-likeness (QED) is 0.0750. The fourth-order valence-electron chi connectivity index (χ4n) is 6.00. The van der Waals surface area contributed by atoms with Crippen LogP contribution >= 0.6 is 19.5 Å². The molecule has 0 saturated carbocycles. The summed E-state index contributed by atoms with van der Waals surface area (Å²) in [7, 11) is 0.889. The smallest absolute Gasteiger partial charge is 0.497 e. The fourth-order valence-corrected chi connectivity index (χ4v) is 6.79. The molecule has 0 aliphatic carbocycles. The first-order valence-corrected chi connectivity index (χ1v) is 18.2. The molecule has 3 aromatic carbocycles. The lowest BCUT2D eigenvalue weighted by molar-refractivity contribution is -0.118. The Bertz CT molecular complexity index is 1970. The monoisotopic (exact) mass is 718 g/mol. The van der Waals surface area contributed by atoms with Gasteiger partial charge in [-0.15, -0.1) is 4.52 Å². The van der Waals surface area contributed by atoms with E-state index in [0.717, 1.165) is 16.7 Å². The van der Waals surface area contributed by atoms with Gasteiger partial charge in [0.15, 0.2) is 23.5 Å². The van der Waals surface area contributed by atoms with E-state index in [1.165, 1.54) is 10.9 Å². The highest BCUT2D eigenvalue weighted by Gasteiger charge is 2.45. The number of hydrogen-bond acceptors (Lipinski definition) is 10. The highest BCUT2D eigenvalue weighted by Crippen LogP contribution is 2.44. The number of fused-ring (bicyclic) bond motifs is 1. The van der Waals surface area contributed by atoms with Crippen molar-refractivity contribution in [2.45, 2.75) is 44.3 Å².